The molecule has 0 aliphatic heterocycles. The molecule has 0 aliphatic rings. The number of anilines is 1. The van der Waals surface area contributed by atoms with Gasteiger partial charge in [0.2, 0.25) is 0 Å². The molecular formula is C15H16N4O2. The summed E-state index contributed by atoms with van der Waals surface area (Å²) in [5, 5.41) is 18.7. The second-order valence-corrected chi connectivity index (χ2v) is 4.73. The lowest BCUT2D eigenvalue weighted by atomic mass is 10.2. The highest BCUT2D eigenvalue weighted by Gasteiger charge is 2.03. The maximum Gasteiger partial charge on any atom is 0.269 e. The van der Waals surface area contributed by atoms with E-state index in [1.165, 1.54) is 12.1 Å². The number of nitro benzene ring substituents is 1. The first-order valence-corrected chi connectivity index (χ1v) is 6.44. The predicted octanol–water partition coefficient (Wildman–Crippen LogP) is 3.94. The van der Waals surface area contributed by atoms with Gasteiger partial charge < -0.3 is 4.90 Å². The van der Waals surface area contributed by atoms with E-state index in [4.69, 9.17) is 0 Å². The summed E-state index contributed by atoms with van der Waals surface area (Å²) in [6.45, 7) is 0.477. The Bertz CT molecular complexity index is 634. The third kappa shape index (κ3) is 4.10. The maximum absolute atomic E-state index is 10.5. The third-order valence-electron chi connectivity index (χ3n) is 2.95. The van der Waals surface area contributed by atoms with Crippen LogP contribution >= 0.6 is 0 Å². The highest BCUT2D eigenvalue weighted by atomic mass is 16.6. The number of hydrogen-bond acceptors (Lipinski definition) is 5. The summed E-state index contributed by atoms with van der Waals surface area (Å²) in [6, 6.07) is 14.1. The van der Waals surface area contributed by atoms with Crippen molar-refractivity contribution in [3.8, 4) is 0 Å². The van der Waals surface area contributed by atoms with Crippen molar-refractivity contribution in [2.24, 2.45) is 10.2 Å². The van der Waals surface area contributed by atoms with Crippen molar-refractivity contribution >= 4 is 17.1 Å². The van der Waals surface area contributed by atoms with Crippen LogP contribution < -0.4 is 4.90 Å². The summed E-state index contributed by atoms with van der Waals surface area (Å²) in [6.07, 6.45) is 0. The average molecular weight is 284 g/mol. The summed E-state index contributed by atoms with van der Waals surface area (Å²) in [4.78, 5) is 12.1. The molecule has 2 aromatic carbocycles. The molecule has 2 rings (SSSR count). The minimum Gasteiger partial charge on any atom is -0.378 e. The van der Waals surface area contributed by atoms with Crippen LogP contribution in [0.3, 0.4) is 0 Å². The molecule has 0 spiro atoms. The summed E-state index contributed by atoms with van der Waals surface area (Å²) < 4.78 is 0. The predicted molar refractivity (Wildman–Crippen MR) is 82.1 cm³/mol. The molecule has 0 amide bonds. The van der Waals surface area contributed by atoms with Gasteiger partial charge in [-0.2, -0.15) is 10.2 Å². The molecule has 0 fully saturated rings. The first-order chi connectivity index (χ1) is 10.1. The number of benzene rings is 2. The van der Waals surface area contributed by atoms with E-state index in [2.05, 4.69) is 10.2 Å². The fourth-order valence-corrected chi connectivity index (χ4v) is 1.74. The van der Waals surface area contributed by atoms with Crippen LogP contribution in [0.25, 0.3) is 0 Å². The molecule has 0 atom stereocenters. The van der Waals surface area contributed by atoms with Gasteiger partial charge in [-0.05, 0) is 29.8 Å². The zero-order chi connectivity index (χ0) is 15.2. The van der Waals surface area contributed by atoms with Crippen LogP contribution in [0.1, 0.15) is 5.56 Å². The summed E-state index contributed by atoms with van der Waals surface area (Å²) >= 11 is 0. The smallest absolute Gasteiger partial charge is 0.269 e. The molecule has 0 heterocycles. The number of nitro groups is 1. The number of hydrogen-bond donors (Lipinski definition) is 0. The molecule has 0 saturated heterocycles. The number of rotatable bonds is 5. The van der Waals surface area contributed by atoms with Crippen molar-refractivity contribution in [3.63, 3.8) is 0 Å². The highest BCUT2D eigenvalue weighted by Crippen LogP contribution is 2.19. The molecule has 108 valence electrons. The Morgan fingerprint density at radius 3 is 2.19 bits per heavy atom. The van der Waals surface area contributed by atoms with E-state index >= 15 is 0 Å². The van der Waals surface area contributed by atoms with Crippen molar-refractivity contribution in [3.05, 3.63) is 64.2 Å². The van der Waals surface area contributed by atoms with Gasteiger partial charge in [0.25, 0.3) is 5.69 Å². The molecule has 0 bridgehead atoms. The molecule has 0 unspecified atom stereocenters. The Hall–Kier alpha value is -2.76. The molecule has 0 aromatic heterocycles. The van der Waals surface area contributed by atoms with E-state index in [9.17, 15) is 10.1 Å². The number of non-ortho nitro benzene ring substituents is 1. The van der Waals surface area contributed by atoms with Gasteiger partial charge >= 0.3 is 0 Å². The lowest BCUT2D eigenvalue weighted by molar-refractivity contribution is -0.384. The average Bonchev–Trinajstić information content (AvgIpc) is 2.48. The third-order valence-corrected chi connectivity index (χ3v) is 2.95. The van der Waals surface area contributed by atoms with Gasteiger partial charge in [-0.3, -0.25) is 10.1 Å². The van der Waals surface area contributed by atoms with E-state index in [1.807, 2.05) is 43.3 Å². The van der Waals surface area contributed by atoms with Gasteiger partial charge in [0, 0.05) is 31.9 Å². The molecule has 0 radical (unpaired) electrons. The van der Waals surface area contributed by atoms with Crippen LogP contribution in [0.5, 0.6) is 0 Å². The van der Waals surface area contributed by atoms with Crippen LogP contribution in [0.2, 0.25) is 0 Å². The first kappa shape index (κ1) is 14.6. The van der Waals surface area contributed by atoms with Gasteiger partial charge in [0.1, 0.15) is 0 Å². The van der Waals surface area contributed by atoms with Gasteiger partial charge in [-0.1, -0.05) is 12.1 Å². The van der Waals surface area contributed by atoms with Crippen molar-refractivity contribution < 1.29 is 4.92 Å². The first-order valence-electron chi connectivity index (χ1n) is 6.44. The van der Waals surface area contributed by atoms with E-state index in [0.29, 0.717) is 12.2 Å². The van der Waals surface area contributed by atoms with Gasteiger partial charge in [0.05, 0.1) is 17.2 Å². The summed E-state index contributed by atoms with van der Waals surface area (Å²) in [5.41, 5.74) is 2.84. The van der Waals surface area contributed by atoms with E-state index < -0.39 is 4.92 Å². The quantitative estimate of drug-likeness (QED) is 0.474. The van der Waals surface area contributed by atoms with Crippen molar-refractivity contribution in [2.75, 3.05) is 19.0 Å². The summed E-state index contributed by atoms with van der Waals surface area (Å²) in [5.74, 6) is 0. The van der Waals surface area contributed by atoms with E-state index in [0.717, 1.165) is 11.3 Å². The molecule has 6 heteroatoms. The minimum absolute atomic E-state index is 0.0493. The SMILES string of the molecule is CN(C)c1ccc(CN=Nc2ccc([N+](=O)[O-])cc2)cc1. The Labute approximate surface area is 122 Å². The molecule has 0 N–H and O–H groups in total. The second kappa shape index (κ2) is 6.60. The second-order valence-electron chi connectivity index (χ2n) is 4.73. The Morgan fingerprint density at radius 2 is 1.67 bits per heavy atom. The molecule has 21 heavy (non-hydrogen) atoms. The molecule has 6 nitrogen and oxygen atoms in total. The lowest BCUT2D eigenvalue weighted by Gasteiger charge is -2.11. The van der Waals surface area contributed by atoms with Crippen LogP contribution in [0.15, 0.2) is 58.8 Å². The Kier molecular flexibility index (Phi) is 4.61. The number of nitrogens with zero attached hydrogens (tertiary/aromatic N) is 4. The van der Waals surface area contributed by atoms with Crippen molar-refractivity contribution in [1.82, 2.24) is 0 Å². The fraction of sp³-hybridized carbons (Fsp3) is 0.200. The highest BCUT2D eigenvalue weighted by molar-refractivity contribution is 5.46. The van der Waals surface area contributed by atoms with Gasteiger partial charge in [0.15, 0.2) is 0 Å². The Morgan fingerprint density at radius 1 is 1.05 bits per heavy atom. The monoisotopic (exact) mass is 284 g/mol. The van der Waals surface area contributed by atoms with Crippen LogP contribution in [0, 0.1) is 10.1 Å². The minimum atomic E-state index is -0.437. The number of azo groups is 1. The fourth-order valence-electron chi connectivity index (χ4n) is 1.74. The topological polar surface area (TPSA) is 71.1 Å². The van der Waals surface area contributed by atoms with Crippen LogP contribution in [0.4, 0.5) is 17.1 Å². The Balaban J connectivity index is 1.97. The van der Waals surface area contributed by atoms with Gasteiger partial charge in [-0.25, -0.2) is 0 Å². The summed E-state index contributed by atoms with van der Waals surface area (Å²) in [7, 11) is 3.98. The zero-order valence-electron chi connectivity index (χ0n) is 11.9. The molecule has 0 aliphatic carbocycles. The lowest BCUT2D eigenvalue weighted by Crippen LogP contribution is -2.08. The van der Waals surface area contributed by atoms with Crippen LogP contribution in [-0.4, -0.2) is 19.0 Å². The maximum atomic E-state index is 10.5. The van der Waals surface area contributed by atoms with Crippen molar-refractivity contribution in [2.45, 2.75) is 6.54 Å². The molecule has 2 aromatic rings. The molecular weight excluding hydrogens is 268 g/mol. The van der Waals surface area contributed by atoms with E-state index in [-0.39, 0.29) is 5.69 Å². The molecule has 0 saturated carbocycles. The van der Waals surface area contributed by atoms with Crippen molar-refractivity contribution in [1.29, 1.82) is 0 Å². The normalized spacial score (nSPS) is 10.8. The standard InChI is InChI=1S/C15H16N4O2/c1-18(2)14-7-3-12(4-8-14)11-16-17-13-5-9-15(10-6-13)19(20)21/h3-10H,11H2,1-2H3. The van der Waals surface area contributed by atoms with E-state index in [1.54, 1.807) is 12.1 Å². The van der Waals surface area contributed by atoms with Gasteiger partial charge in [-0.15, -0.1) is 0 Å². The zero-order valence-corrected chi connectivity index (χ0v) is 11.9. The van der Waals surface area contributed by atoms with Crippen LogP contribution in [-0.2, 0) is 6.54 Å². The largest absolute Gasteiger partial charge is 0.378 e.